The van der Waals surface area contributed by atoms with Crippen LogP contribution >= 0.6 is 0 Å². The van der Waals surface area contributed by atoms with Gasteiger partial charge in [0.15, 0.2) is 0 Å². The fraction of sp³-hybridized carbons (Fsp3) is 0.414. The lowest BCUT2D eigenvalue weighted by molar-refractivity contribution is -0.131. The highest BCUT2D eigenvalue weighted by Gasteiger charge is 2.50. The summed E-state index contributed by atoms with van der Waals surface area (Å²) in [5.41, 5.74) is -0.895. The van der Waals surface area contributed by atoms with Crippen LogP contribution in [0, 0.1) is 5.92 Å². The van der Waals surface area contributed by atoms with Crippen molar-refractivity contribution in [3.8, 4) is 28.1 Å². The van der Waals surface area contributed by atoms with Crippen LogP contribution in [0.1, 0.15) is 67.4 Å². The first kappa shape index (κ1) is 29.0. The smallest absolute Gasteiger partial charge is 0.465 e. The van der Waals surface area contributed by atoms with Crippen LogP contribution in [0.4, 0.5) is 18.0 Å². The second-order valence-corrected chi connectivity index (χ2v) is 13.0. The van der Waals surface area contributed by atoms with E-state index in [2.05, 4.69) is 19.5 Å². The van der Waals surface area contributed by atoms with E-state index in [1.807, 2.05) is 31.2 Å². The van der Waals surface area contributed by atoms with E-state index < -0.39 is 21.7 Å². The fourth-order valence-corrected chi connectivity index (χ4v) is 7.26. The Bertz CT molecular complexity index is 1690. The molecule has 3 aliphatic rings. The van der Waals surface area contributed by atoms with Crippen LogP contribution in [0.25, 0.3) is 22.4 Å². The van der Waals surface area contributed by atoms with Crippen molar-refractivity contribution in [1.82, 2.24) is 20.2 Å². The number of nitrogens with zero attached hydrogens (tertiary/aromatic N) is 2. The van der Waals surface area contributed by atoms with Crippen molar-refractivity contribution >= 4 is 22.1 Å². The zero-order valence-electron chi connectivity index (χ0n) is 23.0. The monoisotopic (exact) mass is 618 g/mol. The fourth-order valence-electron chi connectivity index (χ4n) is 6.79. The molecule has 2 heterocycles. The quantitative estimate of drug-likeness (QED) is 0.234. The number of aromatic amines is 1. The average Bonchev–Trinajstić information content (AvgIpc) is 3.75. The number of H-pyrrole nitrogens is 1. The molecule has 2 aromatic carbocycles. The molecule has 2 bridgehead atoms. The van der Waals surface area contributed by atoms with Gasteiger partial charge in [-0.15, -0.1) is 0 Å². The maximum absolute atomic E-state index is 13.0. The zero-order valence-corrected chi connectivity index (χ0v) is 23.8. The molecular weight excluding hydrogens is 589 g/mol. The zero-order chi connectivity index (χ0) is 30.7. The predicted molar refractivity (Wildman–Crippen MR) is 149 cm³/mol. The largest absolute Gasteiger partial charge is 0.534 e. The number of likely N-dealkylation sites (tertiary alicyclic amines) is 1. The summed E-state index contributed by atoms with van der Waals surface area (Å²) in [6, 6.07) is 10.2. The molecule has 2 amide bonds. The second-order valence-electron chi connectivity index (χ2n) is 11.4. The third-order valence-electron chi connectivity index (χ3n) is 8.62. The Morgan fingerprint density at radius 2 is 1.74 bits per heavy atom. The molecule has 10 nitrogen and oxygen atoms in total. The van der Waals surface area contributed by atoms with Crippen LogP contribution in [0.2, 0.25) is 0 Å². The molecule has 1 saturated heterocycles. The Morgan fingerprint density at radius 1 is 1.07 bits per heavy atom. The first-order chi connectivity index (χ1) is 20.3. The number of amides is 2. The summed E-state index contributed by atoms with van der Waals surface area (Å²) in [5, 5.41) is 11.0. The molecule has 2 aliphatic carbocycles. The second kappa shape index (κ2) is 10.6. The van der Waals surface area contributed by atoms with Gasteiger partial charge in [0.2, 0.25) is 5.91 Å². The lowest BCUT2D eigenvalue weighted by Crippen LogP contribution is -2.39. The van der Waals surface area contributed by atoms with Gasteiger partial charge in [0.1, 0.15) is 18.1 Å². The van der Waals surface area contributed by atoms with Gasteiger partial charge in [-0.05, 0) is 71.8 Å². The lowest BCUT2D eigenvalue weighted by atomic mass is 9.85. The van der Waals surface area contributed by atoms with Gasteiger partial charge in [-0.25, -0.2) is 9.78 Å². The number of imidazole rings is 1. The molecule has 0 spiro atoms. The number of aromatic nitrogens is 2. The van der Waals surface area contributed by atoms with Gasteiger partial charge in [0.05, 0.1) is 17.9 Å². The van der Waals surface area contributed by atoms with Crippen LogP contribution in [-0.4, -0.2) is 59.0 Å². The first-order valence-corrected chi connectivity index (χ1v) is 15.3. The van der Waals surface area contributed by atoms with E-state index in [1.165, 1.54) is 6.07 Å². The van der Waals surface area contributed by atoms with Gasteiger partial charge >= 0.3 is 21.7 Å². The molecule has 228 valence electrons. The summed E-state index contributed by atoms with van der Waals surface area (Å²) in [7, 11) is -5.78. The van der Waals surface area contributed by atoms with Gasteiger partial charge in [0.25, 0.3) is 0 Å². The minimum atomic E-state index is -5.78. The average molecular weight is 619 g/mol. The van der Waals surface area contributed by atoms with Crippen molar-refractivity contribution in [1.29, 1.82) is 0 Å². The van der Waals surface area contributed by atoms with Gasteiger partial charge in [0, 0.05) is 12.1 Å². The Morgan fingerprint density at radius 3 is 2.42 bits per heavy atom. The molecule has 1 aliphatic heterocycles. The Hall–Kier alpha value is -4.07. The van der Waals surface area contributed by atoms with E-state index in [4.69, 9.17) is 5.11 Å². The van der Waals surface area contributed by atoms with Gasteiger partial charge < -0.3 is 24.5 Å². The van der Waals surface area contributed by atoms with Gasteiger partial charge in [-0.1, -0.05) is 37.3 Å². The summed E-state index contributed by atoms with van der Waals surface area (Å²) in [4.78, 5) is 32.9. The highest BCUT2D eigenvalue weighted by atomic mass is 32.2. The van der Waals surface area contributed by atoms with Crippen LogP contribution in [0.15, 0.2) is 42.6 Å². The summed E-state index contributed by atoms with van der Waals surface area (Å²) >= 11 is 0. The Balaban J connectivity index is 1.25. The lowest BCUT2D eigenvalue weighted by Gasteiger charge is -2.23. The molecule has 0 radical (unpaired) electrons. The molecule has 1 saturated carbocycles. The molecule has 4 atom stereocenters. The third kappa shape index (κ3) is 5.32. The molecule has 4 unspecified atom stereocenters. The maximum atomic E-state index is 13.0. The number of carbonyl (C=O) groups excluding carboxylic acids is 1. The van der Waals surface area contributed by atoms with E-state index in [0.29, 0.717) is 24.4 Å². The molecule has 3 N–H and O–H groups in total. The molecule has 1 aromatic heterocycles. The number of rotatable bonds is 7. The summed E-state index contributed by atoms with van der Waals surface area (Å²) < 4.78 is 67.3. The Kier molecular flexibility index (Phi) is 7.14. The van der Waals surface area contributed by atoms with Crippen LogP contribution in [0.3, 0.4) is 0 Å². The number of nitrogens with one attached hydrogen (secondary N) is 2. The van der Waals surface area contributed by atoms with E-state index in [1.54, 1.807) is 17.2 Å². The molecule has 3 aromatic rings. The van der Waals surface area contributed by atoms with Crippen LogP contribution in [0.5, 0.6) is 5.75 Å². The number of hydrogen-bond acceptors (Lipinski definition) is 6. The number of hydrogen-bond donors (Lipinski definition) is 3. The number of alkyl halides is 3. The van der Waals surface area contributed by atoms with Crippen LogP contribution < -0.4 is 9.50 Å². The maximum Gasteiger partial charge on any atom is 0.534 e. The third-order valence-corrected chi connectivity index (χ3v) is 9.58. The first-order valence-electron chi connectivity index (χ1n) is 13.9. The predicted octanol–water partition coefficient (Wildman–Crippen LogP) is 5.51. The molecular formula is C29H29F3N4O6S. The minimum Gasteiger partial charge on any atom is -0.465 e. The molecule has 2 fully saturated rings. The van der Waals surface area contributed by atoms with E-state index >= 15 is 0 Å². The number of carboxylic acid groups (broad SMARTS) is 1. The van der Waals surface area contributed by atoms with E-state index in [0.717, 1.165) is 47.2 Å². The van der Waals surface area contributed by atoms with Crippen molar-refractivity contribution in [2.45, 2.75) is 56.0 Å². The highest BCUT2D eigenvalue weighted by molar-refractivity contribution is 7.88. The minimum absolute atomic E-state index is 0.0502. The molecule has 14 heteroatoms. The summed E-state index contributed by atoms with van der Waals surface area (Å²) in [6.45, 7) is 2.20. The van der Waals surface area contributed by atoms with Crippen molar-refractivity contribution in [2.24, 2.45) is 5.92 Å². The molecule has 43 heavy (non-hydrogen) atoms. The number of benzene rings is 2. The van der Waals surface area contributed by atoms with E-state index in [-0.39, 0.29) is 42.0 Å². The van der Waals surface area contributed by atoms with Gasteiger partial charge in [-0.2, -0.15) is 21.6 Å². The van der Waals surface area contributed by atoms with E-state index in [9.17, 15) is 31.2 Å². The summed E-state index contributed by atoms with van der Waals surface area (Å²) in [5.74, 6) is 0.308. The molecule has 6 rings (SSSR count). The van der Waals surface area contributed by atoms with Crippen molar-refractivity contribution < 1.29 is 40.5 Å². The topological polar surface area (TPSA) is 142 Å². The highest BCUT2D eigenvalue weighted by Crippen LogP contribution is 2.58. The summed E-state index contributed by atoms with van der Waals surface area (Å²) in [6.07, 6.45) is 3.48. The number of fused-ring (bicyclic) bond motifs is 5. The number of carbonyl (C=O) groups is 2. The van der Waals surface area contributed by atoms with Crippen LogP contribution in [-0.2, 0) is 14.9 Å². The normalized spacial score (nSPS) is 22.9. The Labute approximate surface area is 245 Å². The van der Waals surface area contributed by atoms with Crippen molar-refractivity contribution in [3.05, 3.63) is 59.5 Å². The number of halogens is 3. The van der Waals surface area contributed by atoms with Crippen molar-refractivity contribution in [2.75, 3.05) is 13.1 Å². The SMILES string of the molecule is CC1CC(c2ncc(-c3ccc(-c4ccc(OS(=O)(=O)C(F)(F)F)c5c4C4CCC5C4)cc3)[nH]2)N(C(=O)CNC(=O)O)C1. The standard InChI is InChI=1S/C29H29F3N4O6S/c1-15-10-22(36(14-15)24(37)13-34-28(38)39)27-33-12-21(35-27)17-4-2-16(3-5-17)20-8-9-23(42-43(40,41)29(30,31)32)26-19-7-6-18(11-19)25(20)26/h2-5,8-9,12,15,18-19,22,34H,6-7,10-11,13-14H2,1H3,(H,33,35)(H,38,39). The van der Waals surface area contributed by atoms with Crippen molar-refractivity contribution in [3.63, 3.8) is 0 Å². The van der Waals surface area contributed by atoms with Gasteiger partial charge in [-0.3, -0.25) is 4.79 Å².